The smallest absolute Gasteiger partial charge is 0.228 e. The second kappa shape index (κ2) is 7.72. The molecule has 0 aliphatic rings. The lowest BCUT2D eigenvalue weighted by Crippen LogP contribution is -2.23. The Morgan fingerprint density at radius 2 is 1.96 bits per heavy atom. The van der Waals surface area contributed by atoms with Crippen LogP contribution in [0, 0.1) is 0 Å². The molecular weight excluding hydrogens is 372 g/mol. The van der Waals surface area contributed by atoms with Gasteiger partial charge in [0, 0.05) is 16.7 Å². The summed E-state index contributed by atoms with van der Waals surface area (Å²) in [6, 6.07) is 5.48. The molecule has 0 bridgehead atoms. The molecule has 2 aromatic rings. The van der Waals surface area contributed by atoms with Crippen LogP contribution in [0.4, 0.5) is 16.3 Å². The van der Waals surface area contributed by atoms with Crippen molar-refractivity contribution in [1.82, 2.24) is 15.0 Å². The fourth-order valence-corrected chi connectivity index (χ4v) is 3.03. The van der Waals surface area contributed by atoms with E-state index >= 15 is 0 Å². The molecule has 0 saturated carbocycles. The van der Waals surface area contributed by atoms with Gasteiger partial charge in [0.15, 0.2) is 11.5 Å². The molecule has 0 aliphatic heterocycles. The van der Waals surface area contributed by atoms with Crippen LogP contribution in [-0.4, -0.2) is 26.7 Å². The van der Waals surface area contributed by atoms with E-state index in [0.29, 0.717) is 10.0 Å². The molecule has 1 unspecified atom stereocenters. The monoisotopic (exact) mass is 389 g/mol. The van der Waals surface area contributed by atoms with Gasteiger partial charge < -0.3 is 11.1 Å². The molecule has 130 valence electrons. The minimum atomic E-state index is -1.69. The summed E-state index contributed by atoms with van der Waals surface area (Å²) in [5, 5.41) is 4.14. The highest BCUT2D eigenvalue weighted by molar-refractivity contribution is 7.99. The molecule has 2 rings (SSSR count). The van der Waals surface area contributed by atoms with E-state index in [1.54, 1.807) is 17.8 Å². The van der Waals surface area contributed by atoms with Crippen molar-refractivity contribution < 1.29 is 4.39 Å². The molecule has 0 amide bonds. The Bertz CT molecular complexity index is 723. The lowest BCUT2D eigenvalue weighted by Gasteiger charge is -2.17. The van der Waals surface area contributed by atoms with Gasteiger partial charge in [-0.05, 0) is 39.0 Å². The number of nitrogens with one attached hydrogen (secondary N) is 1. The van der Waals surface area contributed by atoms with E-state index in [1.807, 2.05) is 19.1 Å². The second-order valence-corrected chi connectivity index (χ2v) is 7.65. The van der Waals surface area contributed by atoms with Gasteiger partial charge >= 0.3 is 0 Å². The number of benzene rings is 1. The van der Waals surface area contributed by atoms with Crippen LogP contribution in [0.3, 0.4) is 0 Å². The van der Waals surface area contributed by atoms with Gasteiger partial charge in [-0.15, -0.1) is 11.8 Å². The molecule has 0 saturated heterocycles. The molecule has 24 heavy (non-hydrogen) atoms. The van der Waals surface area contributed by atoms with Gasteiger partial charge in [0.1, 0.15) is 0 Å². The number of nitrogen functional groups attached to an aromatic ring is 1. The molecule has 9 heteroatoms. The molecule has 3 N–H and O–H groups in total. The third-order valence-corrected chi connectivity index (χ3v) is 4.94. The summed E-state index contributed by atoms with van der Waals surface area (Å²) >= 11 is 13.5. The Kier molecular flexibility index (Phi) is 6.11. The number of rotatable bonds is 6. The van der Waals surface area contributed by atoms with Gasteiger partial charge in [0.05, 0.1) is 10.0 Å². The molecule has 0 aliphatic carbocycles. The second-order valence-electron chi connectivity index (χ2n) is 5.75. The minimum absolute atomic E-state index is 0.00170. The van der Waals surface area contributed by atoms with Crippen molar-refractivity contribution in [1.29, 1.82) is 0 Å². The first-order chi connectivity index (χ1) is 11.1. The fraction of sp³-hybridized carbons (Fsp3) is 0.400. The van der Waals surface area contributed by atoms with Crippen molar-refractivity contribution in [3.8, 4) is 0 Å². The summed E-state index contributed by atoms with van der Waals surface area (Å²) in [4.78, 5) is 12.9. The normalized spacial score (nSPS) is 12.9. The Balaban J connectivity index is 2.00. The number of alkyl halides is 1. The SMILES string of the molecule is CC(CSc1ccc(Cl)c(Cl)c1)Nc1nc(N)nc(C(C)(C)F)n1. The van der Waals surface area contributed by atoms with E-state index in [4.69, 9.17) is 28.9 Å². The Morgan fingerprint density at radius 1 is 1.25 bits per heavy atom. The lowest BCUT2D eigenvalue weighted by molar-refractivity contribution is 0.206. The molecule has 1 aromatic carbocycles. The lowest BCUT2D eigenvalue weighted by atomic mass is 10.1. The van der Waals surface area contributed by atoms with E-state index < -0.39 is 5.67 Å². The average molecular weight is 390 g/mol. The highest BCUT2D eigenvalue weighted by atomic mass is 35.5. The number of thioether (sulfide) groups is 1. The van der Waals surface area contributed by atoms with Crippen LogP contribution in [0.25, 0.3) is 0 Å². The zero-order chi connectivity index (χ0) is 17.9. The van der Waals surface area contributed by atoms with Gasteiger partial charge in [-0.3, -0.25) is 0 Å². The van der Waals surface area contributed by atoms with Crippen LogP contribution in [0.2, 0.25) is 10.0 Å². The number of nitrogens with two attached hydrogens (primary N) is 1. The van der Waals surface area contributed by atoms with Gasteiger partial charge in [-0.1, -0.05) is 23.2 Å². The van der Waals surface area contributed by atoms with Crippen LogP contribution in [0.5, 0.6) is 0 Å². The van der Waals surface area contributed by atoms with Crippen molar-refractivity contribution >= 4 is 46.9 Å². The van der Waals surface area contributed by atoms with E-state index in [0.717, 1.165) is 10.6 Å². The minimum Gasteiger partial charge on any atom is -0.368 e. The van der Waals surface area contributed by atoms with E-state index in [-0.39, 0.29) is 23.8 Å². The highest BCUT2D eigenvalue weighted by Gasteiger charge is 2.24. The maximum Gasteiger partial charge on any atom is 0.228 e. The van der Waals surface area contributed by atoms with Crippen LogP contribution >= 0.6 is 35.0 Å². The van der Waals surface area contributed by atoms with Crippen molar-refractivity contribution in [2.45, 2.75) is 37.4 Å². The first-order valence-corrected chi connectivity index (χ1v) is 8.94. The Labute approximate surface area is 154 Å². The van der Waals surface area contributed by atoms with Crippen molar-refractivity contribution in [3.05, 3.63) is 34.1 Å². The largest absolute Gasteiger partial charge is 0.368 e. The van der Waals surface area contributed by atoms with Gasteiger partial charge in [0.25, 0.3) is 0 Å². The highest BCUT2D eigenvalue weighted by Crippen LogP contribution is 2.28. The molecule has 1 atom stereocenters. The predicted molar refractivity (Wildman–Crippen MR) is 98.6 cm³/mol. The van der Waals surface area contributed by atoms with Crippen LogP contribution in [-0.2, 0) is 5.67 Å². The van der Waals surface area contributed by atoms with E-state index in [1.165, 1.54) is 13.8 Å². The quantitative estimate of drug-likeness (QED) is 0.705. The van der Waals surface area contributed by atoms with Gasteiger partial charge in [0.2, 0.25) is 11.9 Å². The van der Waals surface area contributed by atoms with Crippen molar-refractivity contribution in [2.24, 2.45) is 0 Å². The van der Waals surface area contributed by atoms with Crippen LogP contribution in [0.15, 0.2) is 23.1 Å². The molecule has 1 aromatic heterocycles. The van der Waals surface area contributed by atoms with Crippen LogP contribution in [0.1, 0.15) is 26.6 Å². The van der Waals surface area contributed by atoms with Crippen molar-refractivity contribution in [3.63, 3.8) is 0 Å². The molecule has 0 fully saturated rings. The van der Waals surface area contributed by atoms with E-state index in [2.05, 4.69) is 20.3 Å². The Morgan fingerprint density at radius 3 is 2.58 bits per heavy atom. The number of anilines is 2. The zero-order valence-electron chi connectivity index (χ0n) is 13.5. The molecule has 0 spiro atoms. The van der Waals surface area contributed by atoms with Crippen LogP contribution < -0.4 is 11.1 Å². The maximum atomic E-state index is 14.0. The van der Waals surface area contributed by atoms with Gasteiger partial charge in [-0.2, -0.15) is 15.0 Å². The number of halogens is 3. The third-order valence-electron chi connectivity index (χ3n) is 2.95. The topological polar surface area (TPSA) is 76.7 Å². The third kappa shape index (κ3) is 5.36. The number of hydrogen-bond acceptors (Lipinski definition) is 6. The summed E-state index contributed by atoms with van der Waals surface area (Å²) in [6.45, 7) is 4.70. The molecule has 5 nitrogen and oxygen atoms in total. The average Bonchev–Trinajstić information content (AvgIpc) is 2.47. The fourth-order valence-electron chi connectivity index (χ4n) is 1.77. The first-order valence-electron chi connectivity index (χ1n) is 7.20. The molecular formula is C15H18Cl2FN5S. The first kappa shape index (κ1) is 19.0. The summed E-state index contributed by atoms with van der Waals surface area (Å²) in [6.07, 6.45) is 0. The summed E-state index contributed by atoms with van der Waals surface area (Å²) in [5.41, 5.74) is 3.94. The number of aromatic nitrogens is 3. The predicted octanol–water partition coefficient (Wildman–Crippen LogP) is 4.56. The number of hydrogen-bond donors (Lipinski definition) is 2. The Hall–Kier alpha value is -1.31. The maximum absolute atomic E-state index is 14.0. The number of nitrogens with zero attached hydrogens (tertiary/aromatic N) is 3. The summed E-state index contributed by atoms with van der Waals surface area (Å²) in [5.74, 6) is 0.961. The summed E-state index contributed by atoms with van der Waals surface area (Å²) < 4.78 is 14.0. The molecule has 0 radical (unpaired) electrons. The zero-order valence-corrected chi connectivity index (χ0v) is 15.8. The van der Waals surface area contributed by atoms with Gasteiger partial charge in [-0.25, -0.2) is 4.39 Å². The summed E-state index contributed by atoms with van der Waals surface area (Å²) in [7, 11) is 0. The molecule has 1 heterocycles. The van der Waals surface area contributed by atoms with Crippen molar-refractivity contribution in [2.75, 3.05) is 16.8 Å². The standard InChI is InChI=1S/C15H18Cl2FN5S/c1-8(7-24-9-4-5-10(16)11(17)6-9)20-14-22-12(15(2,3)18)21-13(19)23-14/h4-6,8H,7H2,1-3H3,(H3,19,20,21,22,23). The van der Waals surface area contributed by atoms with E-state index in [9.17, 15) is 4.39 Å².